The summed E-state index contributed by atoms with van der Waals surface area (Å²) >= 11 is 0. The van der Waals surface area contributed by atoms with E-state index in [1.807, 2.05) is 0 Å². The van der Waals surface area contributed by atoms with Crippen LogP contribution in [0.1, 0.15) is 33.6 Å². The molecular formula is C15H24O2. The smallest absolute Gasteiger partial charge is 0.0682 e. The first-order valence-corrected chi connectivity index (χ1v) is 6.60. The Labute approximate surface area is 104 Å². The zero-order chi connectivity index (χ0) is 12.6. The first-order chi connectivity index (χ1) is 7.96. The Morgan fingerprint density at radius 2 is 1.71 bits per heavy atom. The molecule has 0 aliphatic heterocycles. The lowest BCUT2D eigenvalue weighted by Gasteiger charge is -2.20. The van der Waals surface area contributed by atoms with E-state index in [1.165, 1.54) is 12.8 Å². The lowest BCUT2D eigenvalue weighted by atomic mass is 9.84. The van der Waals surface area contributed by atoms with Gasteiger partial charge in [0.05, 0.1) is 13.2 Å². The first kappa shape index (κ1) is 12.8. The minimum Gasteiger partial charge on any atom is -0.392 e. The highest BCUT2D eigenvalue weighted by molar-refractivity contribution is 5.35. The quantitative estimate of drug-likeness (QED) is 0.773. The lowest BCUT2D eigenvalue weighted by Crippen LogP contribution is -2.13. The van der Waals surface area contributed by atoms with E-state index in [-0.39, 0.29) is 13.2 Å². The van der Waals surface area contributed by atoms with Crippen LogP contribution < -0.4 is 0 Å². The molecule has 2 aliphatic rings. The molecule has 17 heavy (non-hydrogen) atoms. The molecule has 0 heterocycles. The molecule has 0 spiro atoms. The van der Waals surface area contributed by atoms with Crippen molar-refractivity contribution in [2.75, 3.05) is 13.2 Å². The van der Waals surface area contributed by atoms with E-state index in [1.54, 1.807) is 0 Å². The van der Waals surface area contributed by atoms with Gasteiger partial charge >= 0.3 is 0 Å². The number of hydrogen-bond acceptors (Lipinski definition) is 2. The van der Waals surface area contributed by atoms with Gasteiger partial charge in [-0.2, -0.15) is 0 Å². The maximum Gasteiger partial charge on any atom is 0.0682 e. The van der Waals surface area contributed by atoms with Crippen LogP contribution in [0.4, 0.5) is 0 Å². The zero-order valence-corrected chi connectivity index (χ0v) is 11.1. The molecule has 2 aliphatic carbocycles. The van der Waals surface area contributed by atoms with Crippen LogP contribution in [-0.2, 0) is 0 Å². The van der Waals surface area contributed by atoms with Crippen LogP contribution in [0.25, 0.3) is 0 Å². The van der Waals surface area contributed by atoms with Crippen LogP contribution in [-0.4, -0.2) is 23.4 Å². The number of allylic oxidation sites excluding steroid dienone is 2. The molecule has 2 N–H and O–H groups in total. The molecule has 2 heteroatoms. The van der Waals surface area contributed by atoms with Crippen molar-refractivity contribution < 1.29 is 10.2 Å². The van der Waals surface area contributed by atoms with E-state index in [0.29, 0.717) is 23.2 Å². The van der Waals surface area contributed by atoms with Crippen LogP contribution in [0.2, 0.25) is 0 Å². The maximum atomic E-state index is 9.43. The summed E-state index contributed by atoms with van der Waals surface area (Å²) in [4.78, 5) is 0. The van der Waals surface area contributed by atoms with Gasteiger partial charge in [0.25, 0.3) is 0 Å². The molecule has 0 amide bonds. The molecule has 0 saturated heterocycles. The van der Waals surface area contributed by atoms with E-state index in [0.717, 1.165) is 11.1 Å². The molecule has 1 fully saturated rings. The van der Waals surface area contributed by atoms with E-state index < -0.39 is 0 Å². The molecule has 2 rings (SSSR count). The van der Waals surface area contributed by atoms with Crippen molar-refractivity contribution in [3.8, 4) is 0 Å². The average Bonchev–Trinajstić information content (AvgIpc) is 2.52. The Morgan fingerprint density at radius 1 is 1.12 bits per heavy atom. The van der Waals surface area contributed by atoms with Crippen molar-refractivity contribution >= 4 is 0 Å². The van der Waals surface area contributed by atoms with Crippen LogP contribution >= 0.6 is 0 Å². The summed E-state index contributed by atoms with van der Waals surface area (Å²) in [5.41, 5.74) is 2.27. The summed E-state index contributed by atoms with van der Waals surface area (Å²) in [7, 11) is 0. The summed E-state index contributed by atoms with van der Waals surface area (Å²) in [5.74, 6) is 1.71. The fraction of sp³-hybridized carbons (Fsp3) is 0.733. The van der Waals surface area contributed by atoms with Gasteiger partial charge in [-0.15, -0.1) is 0 Å². The standard InChI is InChI=1S/C15H24O2/c1-10-4-12(8-16)13(9-17)5-11-6-15(2,3)7-14(10)11/h4-5,10-11,14,16-17H,6-9H2,1-3H3/t10-,11-,14+/m1/s1. The third-order valence-corrected chi connectivity index (χ3v) is 4.43. The van der Waals surface area contributed by atoms with Gasteiger partial charge in [0.1, 0.15) is 0 Å². The van der Waals surface area contributed by atoms with Crippen LogP contribution in [0.5, 0.6) is 0 Å². The molecule has 0 aromatic heterocycles. The van der Waals surface area contributed by atoms with Gasteiger partial charge in [-0.3, -0.25) is 0 Å². The summed E-state index contributed by atoms with van der Waals surface area (Å²) in [6.07, 6.45) is 6.81. The summed E-state index contributed by atoms with van der Waals surface area (Å²) in [5, 5.41) is 18.8. The molecule has 0 aromatic rings. The third kappa shape index (κ3) is 2.48. The predicted molar refractivity (Wildman–Crippen MR) is 69.5 cm³/mol. The maximum absolute atomic E-state index is 9.43. The molecule has 3 atom stereocenters. The second-order valence-electron chi connectivity index (χ2n) is 6.46. The van der Waals surface area contributed by atoms with Crippen molar-refractivity contribution in [2.45, 2.75) is 33.6 Å². The fourth-order valence-electron chi connectivity index (χ4n) is 3.64. The van der Waals surface area contributed by atoms with Crippen LogP contribution in [0.3, 0.4) is 0 Å². The molecule has 0 aromatic carbocycles. The molecule has 2 nitrogen and oxygen atoms in total. The monoisotopic (exact) mass is 236 g/mol. The Balaban J connectivity index is 2.33. The number of rotatable bonds is 2. The summed E-state index contributed by atoms with van der Waals surface area (Å²) in [6.45, 7) is 6.99. The number of aliphatic hydroxyl groups excluding tert-OH is 2. The zero-order valence-electron chi connectivity index (χ0n) is 11.1. The van der Waals surface area contributed by atoms with Gasteiger partial charge in [0, 0.05) is 0 Å². The minimum atomic E-state index is 0.0412. The van der Waals surface area contributed by atoms with Crippen molar-refractivity contribution in [2.24, 2.45) is 23.2 Å². The van der Waals surface area contributed by atoms with E-state index >= 15 is 0 Å². The Hall–Kier alpha value is -0.600. The SMILES string of the molecule is C[C@@H]1C=C(CO)C(CO)=C[C@@H]2CC(C)(C)C[C@@H]12. The molecule has 0 unspecified atom stereocenters. The van der Waals surface area contributed by atoms with Gasteiger partial charge < -0.3 is 10.2 Å². The van der Waals surface area contributed by atoms with Gasteiger partial charge in [-0.25, -0.2) is 0 Å². The molecular weight excluding hydrogens is 212 g/mol. The van der Waals surface area contributed by atoms with Crippen LogP contribution in [0.15, 0.2) is 23.3 Å². The Morgan fingerprint density at radius 3 is 2.29 bits per heavy atom. The van der Waals surface area contributed by atoms with E-state index in [9.17, 15) is 10.2 Å². The lowest BCUT2D eigenvalue weighted by molar-refractivity contribution is 0.308. The first-order valence-electron chi connectivity index (χ1n) is 6.60. The molecule has 96 valence electrons. The van der Waals surface area contributed by atoms with Crippen molar-refractivity contribution in [1.29, 1.82) is 0 Å². The highest BCUT2D eigenvalue weighted by Gasteiger charge is 2.41. The van der Waals surface area contributed by atoms with E-state index in [4.69, 9.17) is 0 Å². The fourth-order valence-corrected chi connectivity index (χ4v) is 3.64. The Kier molecular flexibility index (Phi) is 3.46. The Bertz CT molecular complexity index is 352. The minimum absolute atomic E-state index is 0.0412. The van der Waals surface area contributed by atoms with Gasteiger partial charge in [0.2, 0.25) is 0 Å². The molecule has 0 bridgehead atoms. The van der Waals surface area contributed by atoms with Gasteiger partial charge in [-0.1, -0.05) is 32.9 Å². The highest BCUT2D eigenvalue weighted by atomic mass is 16.3. The number of aliphatic hydroxyl groups is 2. The highest BCUT2D eigenvalue weighted by Crippen LogP contribution is 2.50. The van der Waals surface area contributed by atoms with E-state index in [2.05, 4.69) is 32.9 Å². The number of hydrogen-bond donors (Lipinski definition) is 2. The average molecular weight is 236 g/mol. The topological polar surface area (TPSA) is 40.5 Å². The number of fused-ring (bicyclic) bond motifs is 1. The van der Waals surface area contributed by atoms with Crippen molar-refractivity contribution in [3.63, 3.8) is 0 Å². The molecule has 0 radical (unpaired) electrons. The van der Waals surface area contributed by atoms with Gasteiger partial charge in [0.15, 0.2) is 0 Å². The largest absolute Gasteiger partial charge is 0.392 e. The van der Waals surface area contributed by atoms with Crippen LogP contribution in [0, 0.1) is 23.2 Å². The normalized spacial score (nSPS) is 35.9. The predicted octanol–water partition coefficient (Wildman–Crippen LogP) is 2.53. The third-order valence-electron chi connectivity index (χ3n) is 4.43. The summed E-state index contributed by atoms with van der Waals surface area (Å²) < 4.78 is 0. The van der Waals surface area contributed by atoms with Crippen molar-refractivity contribution in [3.05, 3.63) is 23.3 Å². The second-order valence-corrected chi connectivity index (χ2v) is 6.46. The van der Waals surface area contributed by atoms with Crippen molar-refractivity contribution in [1.82, 2.24) is 0 Å². The van der Waals surface area contributed by atoms with Gasteiger partial charge in [-0.05, 0) is 47.2 Å². The second kappa shape index (κ2) is 4.58. The molecule has 1 saturated carbocycles. The summed E-state index contributed by atoms with van der Waals surface area (Å²) in [6, 6.07) is 0.